The predicted molar refractivity (Wildman–Crippen MR) is 96.2 cm³/mol. The average molecular weight is 356 g/mol. The molecule has 0 spiro atoms. The van der Waals surface area contributed by atoms with Gasteiger partial charge in [-0.2, -0.15) is 5.10 Å². The van der Waals surface area contributed by atoms with Crippen molar-refractivity contribution in [3.8, 4) is 0 Å². The average Bonchev–Trinajstić information content (AvgIpc) is 3.05. The Morgan fingerprint density at radius 2 is 2.04 bits per heavy atom. The summed E-state index contributed by atoms with van der Waals surface area (Å²) >= 11 is 0. The van der Waals surface area contributed by atoms with Gasteiger partial charge in [0.1, 0.15) is 17.1 Å². The highest BCUT2D eigenvalue weighted by atomic mass is 16.5. The van der Waals surface area contributed by atoms with Gasteiger partial charge in [-0.15, -0.1) is 0 Å². The molecule has 2 atom stereocenters. The van der Waals surface area contributed by atoms with Gasteiger partial charge in [0.2, 0.25) is 0 Å². The number of aryl methyl sites for hydroxylation is 1. The minimum absolute atomic E-state index is 0.269. The normalized spacial score (nSPS) is 21.0. The number of anilines is 1. The number of methoxy groups -OCH3 is 2. The molecule has 7 heteroatoms. The van der Waals surface area contributed by atoms with Crippen molar-refractivity contribution in [2.45, 2.75) is 26.5 Å². The summed E-state index contributed by atoms with van der Waals surface area (Å²) in [6.07, 6.45) is 3.10. The zero-order chi connectivity index (χ0) is 18.3. The molecular formula is C19H24N4O3. The lowest BCUT2D eigenvalue weighted by atomic mass is 10.2. The van der Waals surface area contributed by atoms with Gasteiger partial charge in [-0.25, -0.2) is 9.78 Å². The fraction of sp³-hybridized carbons (Fsp3) is 0.526. The van der Waals surface area contributed by atoms with E-state index < -0.39 is 5.97 Å². The number of ether oxygens (including phenoxy) is 2. The molecule has 1 aliphatic carbocycles. The van der Waals surface area contributed by atoms with Crippen molar-refractivity contribution in [2.24, 2.45) is 11.8 Å². The first-order valence-electron chi connectivity index (χ1n) is 8.94. The van der Waals surface area contributed by atoms with Crippen molar-refractivity contribution in [3.05, 3.63) is 40.8 Å². The lowest BCUT2D eigenvalue weighted by molar-refractivity contribution is 0.0595. The van der Waals surface area contributed by atoms with E-state index in [0.717, 1.165) is 42.0 Å². The van der Waals surface area contributed by atoms with Crippen molar-refractivity contribution in [1.82, 2.24) is 14.8 Å². The van der Waals surface area contributed by atoms with Crippen molar-refractivity contribution in [1.29, 1.82) is 0 Å². The molecule has 2 aromatic heterocycles. The van der Waals surface area contributed by atoms with Gasteiger partial charge in [0.25, 0.3) is 0 Å². The second-order valence-corrected chi connectivity index (χ2v) is 7.19. The number of carbonyl (C=O) groups excluding carboxylic acids is 1. The summed E-state index contributed by atoms with van der Waals surface area (Å²) in [4.78, 5) is 19.1. The number of esters is 1. The predicted octanol–water partition coefficient (Wildman–Crippen LogP) is 2.02. The third-order valence-corrected chi connectivity index (χ3v) is 5.34. The van der Waals surface area contributed by atoms with E-state index in [1.54, 1.807) is 18.0 Å². The van der Waals surface area contributed by atoms with Crippen LogP contribution < -0.4 is 4.90 Å². The largest absolute Gasteiger partial charge is 0.465 e. The Bertz CT molecular complexity index is 822. The number of rotatable bonds is 6. The first kappa shape index (κ1) is 17.0. The van der Waals surface area contributed by atoms with Gasteiger partial charge in [0, 0.05) is 32.1 Å². The van der Waals surface area contributed by atoms with E-state index >= 15 is 0 Å². The number of fused-ring (bicyclic) bond motifs is 1. The Labute approximate surface area is 152 Å². The molecule has 1 aliphatic heterocycles. The highest BCUT2D eigenvalue weighted by molar-refractivity contribution is 5.90. The number of nitrogens with zero attached hydrogens (tertiary/aromatic N) is 4. The van der Waals surface area contributed by atoms with E-state index in [0.29, 0.717) is 17.8 Å². The van der Waals surface area contributed by atoms with E-state index in [1.165, 1.54) is 13.5 Å². The van der Waals surface area contributed by atoms with Crippen LogP contribution in [-0.2, 0) is 22.6 Å². The molecule has 2 aromatic rings. The van der Waals surface area contributed by atoms with Crippen LogP contribution in [0.2, 0.25) is 0 Å². The molecule has 0 amide bonds. The van der Waals surface area contributed by atoms with Crippen molar-refractivity contribution >= 4 is 11.8 Å². The summed E-state index contributed by atoms with van der Waals surface area (Å²) < 4.78 is 11.7. The SMILES string of the molecule is COCc1nn(Cc2ccc(N3CC4CC4C3)nc2C)cc1C(=O)OC. The molecule has 1 saturated heterocycles. The molecule has 26 heavy (non-hydrogen) atoms. The minimum atomic E-state index is -0.402. The number of hydrogen-bond acceptors (Lipinski definition) is 6. The summed E-state index contributed by atoms with van der Waals surface area (Å²) in [7, 11) is 2.94. The van der Waals surface area contributed by atoms with Gasteiger partial charge in [0.15, 0.2) is 0 Å². The Morgan fingerprint density at radius 3 is 2.69 bits per heavy atom. The van der Waals surface area contributed by atoms with Crippen LogP contribution in [0, 0.1) is 18.8 Å². The van der Waals surface area contributed by atoms with Crippen LogP contribution in [0.4, 0.5) is 5.82 Å². The topological polar surface area (TPSA) is 69.5 Å². The minimum Gasteiger partial charge on any atom is -0.465 e. The van der Waals surface area contributed by atoms with Crippen LogP contribution in [0.1, 0.15) is 33.7 Å². The van der Waals surface area contributed by atoms with Crippen LogP contribution in [0.3, 0.4) is 0 Å². The number of aromatic nitrogens is 3. The van der Waals surface area contributed by atoms with Gasteiger partial charge in [-0.1, -0.05) is 6.07 Å². The molecule has 2 aliphatic rings. The Kier molecular flexibility index (Phi) is 4.40. The molecule has 0 aromatic carbocycles. The first-order valence-corrected chi connectivity index (χ1v) is 8.94. The van der Waals surface area contributed by atoms with E-state index in [1.807, 2.05) is 6.92 Å². The molecule has 2 unspecified atom stereocenters. The Hall–Kier alpha value is -2.41. The van der Waals surface area contributed by atoms with Gasteiger partial charge in [-0.3, -0.25) is 4.68 Å². The summed E-state index contributed by atoms with van der Waals surface area (Å²) in [5.41, 5.74) is 3.10. The van der Waals surface area contributed by atoms with Crippen molar-refractivity contribution in [2.75, 3.05) is 32.2 Å². The van der Waals surface area contributed by atoms with Crippen LogP contribution in [-0.4, -0.2) is 48.0 Å². The zero-order valence-corrected chi connectivity index (χ0v) is 15.4. The van der Waals surface area contributed by atoms with Gasteiger partial charge < -0.3 is 14.4 Å². The maximum absolute atomic E-state index is 11.9. The van der Waals surface area contributed by atoms with Crippen LogP contribution in [0.25, 0.3) is 0 Å². The van der Waals surface area contributed by atoms with Gasteiger partial charge in [-0.05, 0) is 36.8 Å². The van der Waals surface area contributed by atoms with Crippen molar-refractivity contribution in [3.63, 3.8) is 0 Å². The van der Waals surface area contributed by atoms with Crippen molar-refractivity contribution < 1.29 is 14.3 Å². The lowest BCUT2D eigenvalue weighted by Gasteiger charge is -2.20. The number of piperidine rings is 1. The fourth-order valence-corrected chi connectivity index (χ4v) is 3.75. The summed E-state index contributed by atoms with van der Waals surface area (Å²) in [5.74, 6) is 2.43. The lowest BCUT2D eigenvalue weighted by Crippen LogP contribution is -2.23. The van der Waals surface area contributed by atoms with E-state index in [4.69, 9.17) is 14.5 Å². The molecule has 4 rings (SSSR count). The van der Waals surface area contributed by atoms with E-state index in [2.05, 4.69) is 22.1 Å². The second-order valence-electron chi connectivity index (χ2n) is 7.19. The second kappa shape index (κ2) is 6.72. The number of pyridine rings is 1. The highest BCUT2D eigenvalue weighted by Crippen LogP contribution is 2.45. The maximum atomic E-state index is 11.9. The molecule has 7 nitrogen and oxygen atoms in total. The summed E-state index contributed by atoms with van der Waals surface area (Å²) in [6, 6.07) is 4.20. The molecule has 0 N–H and O–H groups in total. The molecule has 1 saturated carbocycles. The van der Waals surface area contributed by atoms with E-state index in [-0.39, 0.29) is 6.61 Å². The molecule has 0 bridgehead atoms. The summed E-state index contributed by atoms with van der Waals surface area (Å²) in [6.45, 7) is 5.12. The molecular weight excluding hydrogens is 332 g/mol. The smallest absolute Gasteiger partial charge is 0.341 e. The fourth-order valence-electron chi connectivity index (χ4n) is 3.75. The van der Waals surface area contributed by atoms with E-state index in [9.17, 15) is 4.79 Å². The first-order chi connectivity index (χ1) is 12.6. The maximum Gasteiger partial charge on any atom is 0.341 e. The molecule has 138 valence electrons. The molecule has 0 radical (unpaired) electrons. The van der Waals surface area contributed by atoms with Crippen LogP contribution >= 0.6 is 0 Å². The third kappa shape index (κ3) is 3.19. The van der Waals surface area contributed by atoms with Gasteiger partial charge >= 0.3 is 5.97 Å². The zero-order valence-electron chi connectivity index (χ0n) is 15.4. The highest BCUT2D eigenvalue weighted by Gasteiger charge is 2.45. The Balaban J connectivity index is 1.52. The standard InChI is InChI=1S/C19H24N4O3/c1-12-13(4-5-18(20-12)22-7-14-6-15(14)8-22)9-23-10-16(19(24)26-3)17(21-23)11-25-2/h4-5,10,14-15H,6-9,11H2,1-3H3. The quantitative estimate of drug-likeness (QED) is 0.738. The molecule has 3 heterocycles. The third-order valence-electron chi connectivity index (χ3n) is 5.34. The number of hydrogen-bond donors (Lipinski definition) is 0. The Morgan fingerprint density at radius 1 is 1.27 bits per heavy atom. The van der Waals surface area contributed by atoms with Crippen LogP contribution in [0.5, 0.6) is 0 Å². The van der Waals surface area contributed by atoms with Gasteiger partial charge in [0.05, 0.1) is 20.3 Å². The van der Waals surface area contributed by atoms with Crippen LogP contribution in [0.15, 0.2) is 18.3 Å². The monoisotopic (exact) mass is 356 g/mol. The summed E-state index contributed by atoms with van der Waals surface area (Å²) in [5, 5.41) is 4.47. The molecule has 2 fully saturated rings. The number of carbonyl (C=O) groups is 1.